The highest BCUT2D eigenvalue weighted by atomic mass is 32.1. The maximum Gasteiger partial charge on any atom is 0.270 e. The van der Waals surface area contributed by atoms with E-state index >= 15 is 0 Å². The molecule has 1 aromatic carbocycles. The number of thiophene rings is 1. The van der Waals surface area contributed by atoms with E-state index < -0.39 is 0 Å². The van der Waals surface area contributed by atoms with Gasteiger partial charge in [0.05, 0.1) is 5.69 Å². The molecular formula is C24H29N3OS. The Morgan fingerprint density at radius 3 is 2.59 bits per heavy atom. The Kier molecular flexibility index (Phi) is 6.57. The molecule has 4 rings (SSSR count). The van der Waals surface area contributed by atoms with Crippen molar-refractivity contribution >= 4 is 11.3 Å². The lowest BCUT2D eigenvalue weighted by Crippen LogP contribution is -2.35. The number of rotatable bonds is 7. The molecule has 4 nitrogen and oxygen atoms in total. The van der Waals surface area contributed by atoms with Gasteiger partial charge in [0, 0.05) is 29.0 Å². The predicted molar refractivity (Wildman–Crippen MR) is 121 cm³/mol. The Hall–Kier alpha value is -2.24. The molecule has 29 heavy (non-hydrogen) atoms. The van der Waals surface area contributed by atoms with Gasteiger partial charge in [-0.3, -0.25) is 4.79 Å². The summed E-state index contributed by atoms with van der Waals surface area (Å²) in [5, 5.41) is 6.78. The second kappa shape index (κ2) is 9.51. The Bertz CT molecular complexity index is 958. The third-order valence-corrected chi connectivity index (χ3v) is 6.66. The molecule has 5 heteroatoms. The zero-order chi connectivity index (χ0) is 20.1. The van der Waals surface area contributed by atoms with Crippen LogP contribution in [-0.2, 0) is 13.0 Å². The van der Waals surface area contributed by atoms with Gasteiger partial charge in [0.1, 0.15) is 0 Å². The Morgan fingerprint density at radius 2 is 1.86 bits per heavy atom. The lowest BCUT2D eigenvalue weighted by atomic mass is 9.99. The van der Waals surface area contributed by atoms with E-state index in [0.29, 0.717) is 13.0 Å². The second-order valence-electron chi connectivity index (χ2n) is 8.08. The van der Waals surface area contributed by atoms with E-state index in [9.17, 15) is 4.79 Å². The molecule has 2 aromatic heterocycles. The van der Waals surface area contributed by atoms with Gasteiger partial charge < -0.3 is 4.90 Å². The van der Waals surface area contributed by atoms with Gasteiger partial charge >= 0.3 is 0 Å². The first-order valence-electron chi connectivity index (χ1n) is 10.6. The standard InChI is InChI=1S/C24H29N3OS/c1-19-10-14-26(15-11-19)12-6-13-27-24(28)21(17-22-9-5-16-29-22)18-23(25-27)20-7-3-2-4-8-20/h2-5,7-9,16,18-19H,6,10-15,17H2,1H3. The van der Waals surface area contributed by atoms with Crippen LogP contribution in [0.2, 0.25) is 0 Å². The van der Waals surface area contributed by atoms with Crippen molar-refractivity contribution in [3.8, 4) is 11.3 Å². The van der Waals surface area contributed by atoms with Crippen LogP contribution in [0.5, 0.6) is 0 Å². The van der Waals surface area contributed by atoms with Crippen LogP contribution in [0, 0.1) is 5.92 Å². The van der Waals surface area contributed by atoms with Gasteiger partial charge in [-0.2, -0.15) is 5.10 Å². The molecule has 152 valence electrons. The molecule has 0 amide bonds. The number of aryl methyl sites for hydroxylation is 1. The van der Waals surface area contributed by atoms with Crippen molar-refractivity contribution < 1.29 is 0 Å². The first-order chi connectivity index (χ1) is 14.2. The first-order valence-corrected chi connectivity index (χ1v) is 11.5. The normalized spacial score (nSPS) is 15.6. The molecule has 0 unspecified atom stereocenters. The Morgan fingerprint density at radius 1 is 1.07 bits per heavy atom. The van der Waals surface area contributed by atoms with Crippen LogP contribution in [0.15, 0.2) is 58.7 Å². The summed E-state index contributed by atoms with van der Waals surface area (Å²) in [6.45, 7) is 6.40. The molecule has 0 aliphatic carbocycles. The number of benzene rings is 1. The molecular weight excluding hydrogens is 378 g/mol. The lowest BCUT2D eigenvalue weighted by Gasteiger charge is -2.30. The Balaban J connectivity index is 1.54. The summed E-state index contributed by atoms with van der Waals surface area (Å²) >= 11 is 1.70. The maximum absolute atomic E-state index is 13.1. The minimum Gasteiger partial charge on any atom is -0.303 e. The summed E-state index contributed by atoms with van der Waals surface area (Å²) in [6, 6.07) is 16.3. The average molecular weight is 408 g/mol. The van der Waals surface area contributed by atoms with Crippen LogP contribution in [0.3, 0.4) is 0 Å². The van der Waals surface area contributed by atoms with Crippen LogP contribution in [0.4, 0.5) is 0 Å². The molecule has 3 aromatic rings. The summed E-state index contributed by atoms with van der Waals surface area (Å²) < 4.78 is 1.69. The molecule has 0 spiro atoms. The number of aromatic nitrogens is 2. The number of piperidine rings is 1. The van der Waals surface area contributed by atoms with Gasteiger partial charge in [-0.15, -0.1) is 11.3 Å². The summed E-state index contributed by atoms with van der Waals surface area (Å²) in [6.07, 6.45) is 4.19. The third kappa shape index (κ3) is 5.22. The zero-order valence-corrected chi connectivity index (χ0v) is 17.9. The van der Waals surface area contributed by atoms with Gasteiger partial charge in [0.15, 0.2) is 0 Å². The fourth-order valence-electron chi connectivity index (χ4n) is 3.96. The number of likely N-dealkylation sites (tertiary alicyclic amines) is 1. The van der Waals surface area contributed by atoms with E-state index in [2.05, 4.69) is 35.4 Å². The van der Waals surface area contributed by atoms with E-state index in [-0.39, 0.29) is 5.56 Å². The zero-order valence-electron chi connectivity index (χ0n) is 17.1. The van der Waals surface area contributed by atoms with E-state index in [1.54, 1.807) is 16.0 Å². The smallest absolute Gasteiger partial charge is 0.270 e. The van der Waals surface area contributed by atoms with E-state index in [0.717, 1.165) is 35.7 Å². The fraction of sp³-hybridized carbons (Fsp3) is 0.417. The summed E-state index contributed by atoms with van der Waals surface area (Å²) in [5.41, 5.74) is 2.81. The lowest BCUT2D eigenvalue weighted by molar-refractivity contribution is 0.187. The van der Waals surface area contributed by atoms with Crippen molar-refractivity contribution in [2.24, 2.45) is 5.92 Å². The van der Waals surface area contributed by atoms with Crippen LogP contribution in [-0.4, -0.2) is 34.3 Å². The van der Waals surface area contributed by atoms with Crippen molar-refractivity contribution in [2.75, 3.05) is 19.6 Å². The summed E-state index contributed by atoms with van der Waals surface area (Å²) in [4.78, 5) is 16.8. The minimum absolute atomic E-state index is 0.0466. The predicted octanol–water partition coefficient (Wildman–Crippen LogP) is 4.68. The van der Waals surface area contributed by atoms with Crippen molar-refractivity contribution in [1.29, 1.82) is 0 Å². The molecule has 0 atom stereocenters. The van der Waals surface area contributed by atoms with E-state index in [4.69, 9.17) is 5.10 Å². The van der Waals surface area contributed by atoms with E-state index in [1.807, 2.05) is 30.3 Å². The molecule has 1 fully saturated rings. The highest BCUT2D eigenvalue weighted by molar-refractivity contribution is 7.09. The van der Waals surface area contributed by atoms with Gasteiger partial charge in [-0.1, -0.05) is 43.3 Å². The van der Waals surface area contributed by atoms with Crippen molar-refractivity contribution in [1.82, 2.24) is 14.7 Å². The largest absolute Gasteiger partial charge is 0.303 e. The molecule has 0 radical (unpaired) electrons. The summed E-state index contributed by atoms with van der Waals surface area (Å²) in [5.74, 6) is 0.845. The quantitative estimate of drug-likeness (QED) is 0.570. The number of hydrogen-bond donors (Lipinski definition) is 0. The van der Waals surface area contributed by atoms with Crippen molar-refractivity contribution in [2.45, 2.75) is 39.2 Å². The molecule has 1 aliphatic rings. The van der Waals surface area contributed by atoms with Crippen molar-refractivity contribution in [3.63, 3.8) is 0 Å². The first kappa shape index (κ1) is 20.0. The van der Waals surface area contributed by atoms with Gasteiger partial charge in [-0.25, -0.2) is 4.68 Å². The molecule has 0 saturated carbocycles. The minimum atomic E-state index is 0.0466. The van der Waals surface area contributed by atoms with Gasteiger partial charge in [0.25, 0.3) is 5.56 Å². The van der Waals surface area contributed by atoms with Crippen molar-refractivity contribution in [3.05, 3.63) is 74.7 Å². The molecule has 1 saturated heterocycles. The molecule has 3 heterocycles. The molecule has 0 bridgehead atoms. The fourth-order valence-corrected chi connectivity index (χ4v) is 4.68. The molecule has 1 aliphatic heterocycles. The highest BCUT2D eigenvalue weighted by Crippen LogP contribution is 2.19. The second-order valence-corrected chi connectivity index (χ2v) is 9.12. The van der Waals surface area contributed by atoms with Crippen LogP contribution in [0.1, 0.15) is 36.6 Å². The Labute approximate surface area is 176 Å². The van der Waals surface area contributed by atoms with Gasteiger partial charge in [0.2, 0.25) is 0 Å². The average Bonchev–Trinajstić information content (AvgIpc) is 3.26. The third-order valence-electron chi connectivity index (χ3n) is 5.78. The SMILES string of the molecule is CC1CCN(CCCn2nc(-c3ccccc3)cc(Cc3cccs3)c2=O)CC1. The summed E-state index contributed by atoms with van der Waals surface area (Å²) in [7, 11) is 0. The topological polar surface area (TPSA) is 38.1 Å². The monoisotopic (exact) mass is 407 g/mol. The molecule has 0 N–H and O–H groups in total. The number of hydrogen-bond acceptors (Lipinski definition) is 4. The van der Waals surface area contributed by atoms with Gasteiger partial charge in [-0.05, 0) is 62.3 Å². The number of nitrogens with zero attached hydrogens (tertiary/aromatic N) is 3. The maximum atomic E-state index is 13.1. The van der Waals surface area contributed by atoms with Crippen LogP contribution >= 0.6 is 11.3 Å². The highest BCUT2D eigenvalue weighted by Gasteiger charge is 2.16. The van der Waals surface area contributed by atoms with Crippen LogP contribution < -0.4 is 5.56 Å². The van der Waals surface area contributed by atoms with E-state index in [1.165, 1.54) is 30.8 Å². The van der Waals surface area contributed by atoms with Crippen LogP contribution in [0.25, 0.3) is 11.3 Å².